The first-order valence-electron chi connectivity index (χ1n) is 7.70. The average Bonchev–Trinajstić information content (AvgIpc) is 3.23. The Morgan fingerprint density at radius 2 is 1.85 bits per heavy atom. The summed E-state index contributed by atoms with van der Waals surface area (Å²) in [6, 6.07) is 8.25. The molecule has 1 aromatic carbocycles. The third kappa shape index (κ3) is 2.19. The summed E-state index contributed by atoms with van der Waals surface area (Å²) in [4.78, 5) is 15.1. The smallest absolute Gasteiger partial charge is 0.233 e. The molecule has 1 aliphatic heterocycles. The summed E-state index contributed by atoms with van der Waals surface area (Å²) < 4.78 is 0. The fourth-order valence-corrected chi connectivity index (χ4v) is 3.40. The molecule has 1 saturated heterocycles. The predicted octanol–water partition coefficient (Wildman–Crippen LogP) is 2.95. The molecule has 2 fully saturated rings. The van der Waals surface area contributed by atoms with Gasteiger partial charge in [0.1, 0.15) is 0 Å². The first-order chi connectivity index (χ1) is 9.53. The highest BCUT2D eigenvalue weighted by molar-refractivity contribution is 5.91. The van der Waals surface area contributed by atoms with Crippen LogP contribution in [0.4, 0.5) is 5.69 Å². The van der Waals surface area contributed by atoms with Crippen molar-refractivity contribution in [3.63, 3.8) is 0 Å². The summed E-state index contributed by atoms with van der Waals surface area (Å²) in [6.45, 7) is 5.34. The fourth-order valence-electron chi connectivity index (χ4n) is 3.40. The lowest BCUT2D eigenvalue weighted by atomic mass is 9.89. The number of carbonyl (C=O) groups excluding carboxylic acids is 1. The van der Waals surface area contributed by atoms with E-state index < -0.39 is 0 Å². The van der Waals surface area contributed by atoms with E-state index in [0.29, 0.717) is 17.9 Å². The van der Waals surface area contributed by atoms with Gasteiger partial charge in [-0.2, -0.15) is 0 Å². The largest absolute Gasteiger partial charge is 0.399 e. The average molecular weight is 272 g/mol. The molecule has 1 aliphatic carbocycles. The molecule has 2 unspecified atom stereocenters. The van der Waals surface area contributed by atoms with Crippen molar-refractivity contribution in [2.24, 2.45) is 5.92 Å². The maximum atomic E-state index is 13.0. The molecule has 3 nitrogen and oxygen atoms in total. The third-order valence-electron chi connectivity index (χ3n) is 5.00. The Morgan fingerprint density at radius 1 is 1.20 bits per heavy atom. The SMILES string of the molecule is CC1CCC(C)N(C(=O)C2(c3ccc(N)cc3)CC2)C1. The zero-order chi connectivity index (χ0) is 14.3. The molecular weight excluding hydrogens is 248 g/mol. The molecule has 1 heterocycles. The number of amides is 1. The minimum atomic E-state index is -0.251. The summed E-state index contributed by atoms with van der Waals surface area (Å²) in [6.07, 6.45) is 4.32. The molecule has 0 aromatic heterocycles. The van der Waals surface area contributed by atoms with Crippen LogP contribution in [0.5, 0.6) is 0 Å². The molecule has 0 radical (unpaired) electrons. The van der Waals surface area contributed by atoms with Gasteiger partial charge in [-0.25, -0.2) is 0 Å². The molecule has 1 aromatic rings. The molecule has 0 bridgehead atoms. The van der Waals surface area contributed by atoms with Crippen LogP contribution in [-0.2, 0) is 10.2 Å². The van der Waals surface area contributed by atoms with Gasteiger partial charge in [0.05, 0.1) is 5.41 Å². The number of carbonyl (C=O) groups is 1. The summed E-state index contributed by atoms with van der Waals surface area (Å²) in [5.41, 5.74) is 7.41. The lowest BCUT2D eigenvalue weighted by molar-refractivity contribution is -0.138. The van der Waals surface area contributed by atoms with Crippen molar-refractivity contribution in [2.45, 2.75) is 51.0 Å². The molecule has 3 heteroatoms. The normalized spacial score (nSPS) is 28.2. The van der Waals surface area contributed by atoms with Gasteiger partial charge in [0.25, 0.3) is 0 Å². The minimum absolute atomic E-state index is 0.251. The highest BCUT2D eigenvalue weighted by atomic mass is 16.2. The van der Waals surface area contributed by atoms with E-state index in [1.54, 1.807) is 0 Å². The van der Waals surface area contributed by atoms with Crippen molar-refractivity contribution in [3.05, 3.63) is 29.8 Å². The first-order valence-corrected chi connectivity index (χ1v) is 7.70. The van der Waals surface area contributed by atoms with Gasteiger partial charge in [0.2, 0.25) is 5.91 Å². The Bertz CT molecular complexity index is 504. The number of nitrogens with two attached hydrogens (primary N) is 1. The molecule has 2 atom stereocenters. The van der Waals surface area contributed by atoms with Gasteiger partial charge in [0.15, 0.2) is 0 Å². The van der Waals surface area contributed by atoms with Crippen LogP contribution in [0.2, 0.25) is 0 Å². The van der Waals surface area contributed by atoms with Gasteiger partial charge in [-0.1, -0.05) is 19.1 Å². The number of hydrogen-bond donors (Lipinski definition) is 1. The lowest BCUT2D eigenvalue weighted by Gasteiger charge is -2.39. The van der Waals surface area contributed by atoms with Gasteiger partial charge in [-0.15, -0.1) is 0 Å². The number of likely N-dealkylation sites (tertiary alicyclic amines) is 1. The second-order valence-electron chi connectivity index (χ2n) is 6.69. The minimum Gasteiger partial charge on any atom is -0.399 e. The maximum Gasteiger partial charge on any atom is 0.233 e. The van der Waals surface area contributed by atoms with Crippen LogP contribution in [0.3, 0.4) is 0 Å². The van der Waals surface area contributed by atoms with Crippen LogP contribution in [0.25, 0.3) is 0 Å². The number of anilines is 1. The van der Waals surface area contributed by atoms with Gasteiger partial charge < -0.3 is 10.6 Å². The first kappa shape index (κ1) is 13.5. The summed E-state index contributed by atoms with van der Waals surface area (Å²) in [7, 11) is 0. The lowest BCUT2D eigenvalue weighted by Crippen LogP contribution is -2.49. The van der Waals surface area contributed by atoms with Crippen LogP contribution in [0.15, 0.2) is 24.3 Å². The molecule has 1 saturated carbocycles. The standard InChI is InChI=1S/C17H24N2O/c1-12-3-4-13(2)19(11-12)16(20)17(9-10-17)14-5-7-15(18)8-6-14/h5-8,12-13H,3-4,9-11,18H2,1-2H3. The van der Waals surface area contributed by atoms with E-state index in [9.17, 15) is 4.79 Å². The second-order valence-corrected chi connectivity index (χ2v) is 6.69. The number of nitrogens with zero attached hydrogens (tertiary/aromatic N) is 1. The van der Waals surface area contributed by atoms with Gasteiger partial charge in [0, 0.05) is 18.3 Å². The Kier molecular flexibility index (Phi) is 3.23. The van der Waals surface area contributed by atoms with Crippen molar-refractivity contribution in [3.8, 4) is 0 Å². The maximum absolute atomic E-state index is 13.0. The summed E-state index contributed by atoms with van der Waals surface area (Å²) in [5, 5.41) is 0. The van der Waals surface area contributed by atoms with Crippen molar-refractivity contribution in [1.82, 2.24) is 4.90 Å². The van der Waals surface area contributed by atoms with E-state index >= 15 is 0 Å². The highest BCUT2D eigenvalue weighted by Gasteiger charge is 2.53. The summed E-state index contributed by atoms with van der Waals surface area (Å²) >= 11 is 0. The van der Waals surface area contributed by atoms with E-state index in [-0.39, 0.29) is 5.41 Å². The van der Waals surface area contributed by atoms with Crippen molar-refractivity contribution in [2.75, 3.05) is 12.3 Å². The predicted molar refractivity (Wildman–Crippen MR) is 81.3 cm³/mol. The second kappa shape index (κ2) is 4.80. The molecule has 108 valence electrons. The Balaban J connectivity index is 1.84. The Morgan fingerprint density at radius 3 is 2.45 bits per heavy atom. The van der Waals surface area contributed by atoms with Crippen molar-refractivity contribution >= 4 is 11.6 Å². The molecular formula is C17H24N2O. The van der Waals surface area contributed by atoms with Crippen LogP contribution in [0.1, 0.15) is 45.1 Å². The molecule has 2 aliphatic rings. The van der Waals surface area contributed by atoms with Crippen LogP contribution >= 0.6 is 0 Å². The number of piperidine rings is 1. The molecule has 0 spiro atoms. The van der Waals surface area contributed by atoms with Crippen molar-refractivity contribution < 1.29 is 4.79 Å². The Hall–Kier alpha value is -1.51. The zero-order valence-corrected chi connectivity index (χ0v) is 12.4. The topological polar surface area (TPSA) is 46.3 Å². The molecule has 2 N–H and O–H groups in total. The van der Waals surface area contributed by atoms with E-state index in [0.717, 1.165) is 37.1 Å². The number of hydrogen-bond acceptors (Lipinski definition) is 2. The molecule has 20 heavy (non-hydrogen) atoms. The van der Waals surface area contributed by atoms with E-state index in [4.69, 9.17) is 5.73 Å². The van der Waals surface area contributed by atoms with Gasteiger partial charge in [-0.05, 0) is 56.2 Å². The molecule has 1 amide bonds. The molecule has 3 rings (SSSR count). The van der Waals surface area contributed by atoms with E-state index in [2.05, 4.69) is 18.7 Å². The summed E-state index contributed by atoms with van der Waals surface area (Å²) in [5.74, 6) is 0.957. The highest BCUT2D eigenvalue weighted by Crippen LogP contribution is 2.50. The van der Waals surface area contributed by atoms with Gasteiger partial charge in [-0.3, -0.25) is 4.79 Å². The fraction of sp³-hybridized carbons (Fsp3) is 0.588. The van der Waals surface area contributed by atoms with Crippen LogP contribution in [-0.4, -0.2) is 23.4 Å². The quantitative estimate of drug-likeness (QED) is 0.841. The third-order valence-corrected chi connectivity index (χ3v) is 5.00. The number of benzene rings is 1. The zero-order valence-electron chi connectivity index (χ0n) is 12.4. The van der Waals surface area contributed by atoms with Crippen molar-refractivity contribution in [1.29, 1.82) is 0 Å². The Labute approximate surface area is 121 Å². The van der Waals surface area contributed by atoms with Gasteiger partial charge >= 0.3 is 0 Å². The van der Waals surface area contributed by atoms with E-state index in [1.165, 1.54) is 6.42 Å². The van der Waals surface area contributed by atoms with Crippen LogP contribution < -0.4 is 5.73 Å². The number of rotatable bonds is 2. The van der Waals surface area contributed by atoms with Crippen LogP contribution in [0, 0.1) is 5.92 Å². The number of nitrogen functional groups attached to an aromatic ring is 1. The monoisotopic (exact) mass is 272 g/mol. The van der Waals surface area contributed by atoms with E-state index in [1.807, 2.05) is 24.3 Å².